The molecule has 1 aromatic heterocycles. The third-order valence-corrected chi connectivity index (χ3v) is 7.79. The molecule has 0 saturated carbocycles. The molecule has 10 heteroatoms. The fourth-order valence-corrected chi connectivity index (χ4v) is 5.31. The Morgan fingerprint density at radius 2 is 1.87 bits per heavy atom. The van der Waals surface area contributed by atoms with Crippen LogP contribution >= 0.6 is 0 Å². The summed E-state index contributed by atoms with van der Waals surface area (Å²) in [6, 6.07) is 18.9. The highest BCUT2D eigenvalue weighted by Gasteiger charge is 2.29. The number of benzene rings is 3. The normalized spacial score (nSPS) is 13.9. The van der Waals surface area contributed by atoms with Crippen molar-refractivity contribution in [3.8, 4) is 22.6 Å². The van der Waals surface area contributed by atoms with E-state index in [-0.39, 0.29) is 30.9 Å². The number of carbonyl (C=O) groups is 3. The molecule has 1 atom stereocenters. The predicted octanol–water partition coefficient (Wildman–Crippen LogP) is 5.39. The minimum atomic E-state index is -0.966. The number of rotatable bonds is 12. The summed E-state index contributed by atoms with van der Waals surface area (Å²) in [5.41, 5.74) is 6.03. The fourth-order valence-electron chi connectivity index (χ4n) is 5.31. The Hall–Kier alpha value is -5.12. The zero-order valence-corrected chi connectivity index (χ0v) is 25.8. The van der Waals surface area contributed by atoms with Crippen molar-refractivity contribution in [2.24, 2.45) is 0 Å². The largest absolute Gasteiger partial charge is 0.493 e. The van der Waals surface area contributed by atoms with E-state index in [1.807, 2.05) is 61.3 Å². The van der Waals surface area contributed by atoms with Crippen molar-refractivity contribution in [1.82, 2.24) is 15.1 Å². The summed E-state index contributed by atoms with van der Waals surface area (Å²) in [6.07, 6.45) is 4.31. The molecule has 0 saturated heterocycles. The molecule has 0 bridgehead atoms. The highest BCUT2D eigenvalue weighted by molar-refractivity contribution is 5.97. The van der Waals surface area contributed by atoms with Crippen LogP contribution in [-0.2, 0) is 16.1 Å². The van der Waals surface area contributed by atoms with Crippen LogP contribution in [0.1, 0.15) is 53.2 Å². The van der Waals surface area contributed by atoms with E-state index in [2.05, 4.69) is 23.4 Å². The lowest BCUT2D eigenvalue weighted by Gasteiger charge is -2.34. The molecule has 45 heavy (non-hydrogen) atoms. The van der Waals surface area contributed by atoms with Crippen LogP contribution in [0.15, 0.2) is 73.1 Å². The van der Waals surface area contributed by atoms with Gasteiger partial charge in [0.05, 0.1) is 38.0 Å². The van der Waals surface area contributed by atoms with Gasteiger partial charge in [-0.2, -0.15) is 5.10 Å². The van der Waals surface area contributed by atoms with Gasteiger partial charge < -0.3 is 24.8 Å². The second-order valence-corrected chi connectivity index (χ2v) is 11.3. The Labute approximate surface area is 262 Å². The van der Waals surface area contributed by atoms with Gasteiger partial charge in [-0.15, -0.1) is 0 Å². The number of carbonyl (C=O) groups excluding carboxylic acids is 2. The Morgan fingerprint density at radius 1 is 1.07 bits per heavy atom. The first-order valence-corrected chi connectivity index (χ1v) is 15.1. The number of nitrogens with one attached hydrogen (secondary N) is 1. The van der Waals surface area contributed by atoms with Crippen LogP contribution in [0.5, 0.6) is 11.5 Å². The second kappa shape index (κ2) is 14.1. The van der Waals surface area contributed by atoms with Gasteiger partial charge in [-0.05, 0) is 68.1 Å². The summed E-state index contributed by atoms with van der Waals surface area (Å²) in [4.78, 5) is 38.4. The van der Waals surface area contributed by atoms with Crippen LogP contribution in [0.25, 0.3) is 11.1 Å². The van der Waals surface area contributed by atoms with Gasteiger partial charge in [0.25, 0.3) is 5.91 Å². The molecule has 0 aliphatic carbocycles. The number of para-hydroxylation sites is 1. The molecule has 5 rings (SSSR count). The first-order chi connectivity index (χ1) is 21.7. The minimum absolute atomic E-state index is 0.0238. The number of carboxylic acid groups (broad SMARTS) is 1. The summed E-state index contributed by atoms with van der Waals surface area (Å²) >= 11 is 0. The number of fused-ring (bicyclic) bond motifs is 1. The maximum atomic E-state index is 13.4. The molecule has 4 aromatic rings. The van der Waals surface area contributed by atoms with E-state index >= 15 is 0 Å². The van der Waals surface area contributed by atoms with Gasteiger partial charge in [-0.1, -0.05) is 36.4 Å². The third kappa shape index (κ3) is 7.70. The SMILES string of the molecule is Cc1cccc(OCCCC(=O)N2CC(C)Oc3c(-c4cnn(Cc5cccc(C(=O)NCCC(=O)O)c5)c4)cccc32)c1C. The van der Waals surface area contributed by atoms with Crippen LogP contribution in [0.2, 0.25) is 0 Å². The summed E-state index contributed by atoms with van der Waals surface area (Å²) < 4.78 is 14.0. The van der Waals surface area contributed by atoms with Crippen LogP contribution in [0, 0.1) is 13.8 Å². The minimum Gasteiger partial charge on any atom is -0.493 e. The summed E-state index contributed by atoms with van der Waals surface area (Å²) in [5, 5.41) is 16.0. The number of hydrogen-bond acceptors (Lipinski definition) is 6. The quantitative estimate of drug-likeness (QED) is 0.206. The first kappa shape index (κ1) is 31.3. The maximum absolute atomic E-state index is 13.4. The average molecular weight is 611 g/mol. The number of aryl methyl sites for hydroxylation is 1. The van der Waals surface area contributed by atoms with Gasteiger partial charge >= 0.3 is 5.97 Å². The number of nitrogens with zero attached hydrogens (tertiary/aromatic N) is 3. The molecule has 0 spiro atoms. The standard InChI is InChI=1S/C35H38N4O6/c1-23-8-4-13-31(25(23)3)44-17-7-14-32(40)39-20-24(2)45-34-29(11-6-12-30(34)39)28-19-37-38(22-28)21-26-9-5-10-27(18-26)35(43)36-16-15-33(41)42/h4-6,8-13,18-19,22,24H,7,14-17,20-21H2,1-3H3,(H,36,43)(H,41,42). The Morgan fingerprint density at radius 3 is 2.69 bits per heavy atom. The van der Waals surface area contributed by atoms with E-state index in [4.69, 9.17) is 14.6 Å². The Kier molecular flexibility index (Phi) is 9.82. The zero-order chi connectivity index (χ0) is 31.9. The molecule has 1 unspecified atom stereocenters. The van der Waals surface area contributed by atoms with Crippen molar-refractivity contribution in [1.29, 1.82) is 0 Å². The van der Waals surface area contributed by atoms with Crippen LogP contribution in [0.4, 0.5) is 5.69 Å². The van der Waals surface area contributed by atoms with Crippen molar-refractivity contribution in [3.63, 3.8) is 0 Å². The molecular formula is C35H38N4O6. The van der Waals surface area contributed by atoms with E-state index in [1.54, 1.807) is 29.1 Å². The van der Waals surface area contributed by atoms with Crippen LogP contribution < -0.4 is 19.7 Å². The van der Waals surface area contributed by atoms with Crippen molar-refractivity contribution >= 4 is 23.5 Å². The lowest BCUT2D eigenvalue weighted by molar-refractivity contribution is -0.136. The van der Waals surface area contributed by atoms with Crippen LogP contribution in [0.3, 0.4) is 0 Å². The molecular weight excluding hydrogens is 572 g/mol. The lowest BCUT2D eigenvalue weighted by Crippen LogP contribution is -2.42. The number of carboxylic acids is 1. The van der Waals surface area contributed by atoms with Gasteiger partial charge in [0.15, 0.2) is 5.75 Å². The molecule has 1 aliphatic heterocycles. The van der Waals surface area contributed by atoms with Gasteiger partial charge in [0.1, 0.15) is 11.9 Å². The highest BCUT2D eigenvalue weighted by Crippen LogP contribution is 2.42. The fraction of sp³-hybridized carbons (Fsp3) is 0.314. The second-order valence-electron chi connectivity index (χ2n) is 11.3. The molecule has 10 nitrogen and oxygen atoms in total. The summed E-state index contributed by atoms with van der Waals surface area (Å²) in [6.45, 7) is 7.46. The lowest BCUT2D eigenvalue weighted by atomic mass is 10.0. The van der Waals surface area contributed by atoms with Gasteiger partial charge in [0, 0.05) is 35.9 Å². The number of hydrogen-bond donors (Lipinski definition) is 2. The molecule has 2 N–H and O–H groups in total. The van der Waals surface area contributed by atoms with Crippen molar-refractivity contribution in [3.05, 3.63) is 95.3 Å². The van der Waals surface area contributed by atoms with Crippen molar-refractivity contribution in [2.75, 3.05) is 24.6 Å². The predicted molar refractivity (Wildman–Crippen MR) is 171 cm³/mol. The molecule has 2 heterocycles. The average Bonchev–Trinajstić information content (AvgIpc) is 3.48. The highest BCUT2D eigenvalue weighted by atomic mass is 16.5. The van der Waals surface area contributed by atoms with E-state index in [1.165, 1.54) is 5.56 Å². The Balaban J connectivity index is 1.25. The summed E-state index contributed by atoms with van der Waals surface area (Å²) in [5.74, 6) is 0.234. The Bertz CT molecular complexity index is 1700. The monoisotopic (exact) mass is 610 g/mol. The van der Waals surface area contributed by atoms with Gasteiger partial charge in [-0.25, -0.2) is 0 Å². The first-order valence-electron chi connectivity index (χ1n) is 15.1. The molecule has 0 radical (unpaired) electrons. The van der Waals surface area contributed by atoms with Gasteiger partial charge in [-0.3, -0.25) is 19.1 Å². The topological polar surface area (TPSA) is 123 Å². The zero-order valence-electron chi connectivity index (χ0n) is 25.8. The van der Waals surface area contributed by atoms with E-state index in [0.717, 1.165) is 33.7 Å². The number of ether oxygens (including phenoxy) is 2. The molecule has 1 aliphatic rings. The molecule has 0 fully saturated rings. The van der Waals surface area contributed by atoms with Gasteiger partial charge in [0.2, 0.25) is 5.91 Å². The summed E-state index contributed by atoms with van der Waals surface area (Å²) in [7, 11) is 0. The molecule has 234 valence electrons. The smallest absolute Gasteiger partial charge is 0.305 e. The number of aliphatic carboxylic acids is 1. The third-order valence-electron chi connectivity index (χ3n) is 7.79. The molecule has 2 amide bonds. The van der Waals surface area contributed by atoms with Crippen molar-refractivity contribution in [2.45, 2.75) is 52.7 Å². The van der Waals surface area contributed by atoms with E-state index in [9.17, 15) is 14.4 Å². The van der Waals surface area contributed by atoms with E-state index < -0.39 is 5.97 Å². The van der Waals surface area contributed by atoms with E-state index in [0.29, 0.717) is 43.9 Å². The van der Waals surface area contributed by atoms with Crippen LogP contribution in [-0.4, -0.2) is 58.5 Å². The molecule has 3 aromatic carbocycles. The van der Waals surface area contributed by atoms with Crippen molar-refractivity contribution < 1.29 is 29.0 Å². The number of anilines is 1. The maximum Gasteiger partial charge on any atom is 0.305 e. The number of aromatic nitrogens is 2. The number of amides is 2.